The third-order valence-corrected chi connectivity index (χ3v) is 8.43. The van der Waals surface area contributed by atoms with Crippen LogP contribution in [0.25, 0.3) is 0 Å². The zero-order valence-electron chi connectivity index (χ0n) is 27.0. The van der Waals surface area contributed by atoms with Gasteiger partial charge in [0.1, 0.15) is 17.7 Å². The highest BCUT2D eigenvalue weighted by atomic mass is 32.2. The van der Waals surface area contributed by atoms with Gasteiger partial charge in [0.15, 0.2) is 0 Å². The standard InChI is InChI=1S/C33H55N3O4S/c1-22(2)18-19-25(5)36(31(38)27(20-21-41-9)35-32(39)40-33(6,7)8)29(28-23(3)14-13-15-24(28)4)30(37)34-26-16-11-10-12-17-26/h13-15,22,25-27,29H,10-12,16-21H2,1-9H3,(H,34,37)(H,35,39). The summed E-state index contributed by atoms with van der Waals surface area (Å²) in [6.45, 7) is 15.8. The average molecular weight is 590 g/mol. The van der Waals surface area contributed by atoms with Crippen molar-refractivity contribution in [2.24, 2.45) is 5.92 Å². The number of benzene rings is 1. The summed E-state index contributed by atoms with van der Waals surface area (Å²) < 4.78 is 5.54. The predicted octanol–water partition coefficient (Wildman–Crippen LogP) is 7.09. The third kappa shape index (κ3) is 11.2. The minimum atomic E-state index is -0.812. The molecule has 1 fully saturated rings. The van der Waals surface area contributed by atoms with Gasteiger partial charge in [0.2, 0.25) is 11.8 Å². The van der Waals surface area contributed by atoms with E-state index in [4.69, 9.17) is 4.74 Å². The molecular weight excluding hydrogens is 534 g/mol. The first-order valence-corrected chi connectivity index (χ1v) is 16.8. The van der Waals surface area contributed by atoms with E-state index in [9.17, 15) is 14.4 Å². The SMILES string of the molecule is CSCCC(NC(=O)OC(C)(C)C)C(=O)N(C(C)CCC(C)C)C(C(=O)NC1CCCCC1)c1c(C)cccc1C. The minimum absolute atomic E-state index is 0.109. The Morgan fingerprint density at radius 1 is 1.00 bits per heavy atom. The van der Waals surface area contributed by atoms with Crippen molar-refractivity contribution in [3.05, 3.63) is 34.9 Å². The molecule has 1 saturated carbocycles. The maximum absolute atomic E-state index is 14.6. The molecule has 1 aliphatic carbocycles. The Bertz CT molecular complexity index is 980. The molecule has 0 aliphatic heterocycles. The third-order valence-electron chi connectivity index (χ3n) is 7.78. The number of amides is 3. The highest BCUT2D eigenvalue weighted by Gasteiger charge is 2.40. The second-order valence-electron chi connectivity index (χ2n) is 13.1. The smallest absolute Gasteiger partial charge is 0.408 e. The molecule has 1 aromatic carbocycles. The fourth-order valence-electron chi connectivity index (χ4n) is 5.62. The molecular formula is C33H55N3O4S. The number of hydrogen-bond donors (Lipinski definition) is 2. The van der Waals surface area contributed by atoms with Crippen molar-refractivity contribution >= 4 is 29.7 Å². The number of aryl methyl sites for hydroxylation is 2. The molecule has 2 rings (SSSR count). The van der Waals surface area contributed by atoms with Crippen LogP contribution in [0.1, 0.15) is 116 Å². The van der Waals surface area contributed by atoms with Gasteiger partial charge in [-0.05, 0) is 108 Å². The van der Waals surface area contributed by atoms with Gasteiger partial charge in [0.05, 0.1) is 0 Å². The van der Waals surface area contributed by atoms with Crippen molar-refractivity contribution in [3.63, 3.8) is 0 Å². The summed E-state index contributed by atoms with van der Waals surface area (Å²) in [5.41, 5.74) is 2.13. The number of nitrogens with zero attached hydrogens (tertiary/aromatic N) is 1. The molecule has 3 unspecified atom stereocenters. The lowest BCUT2D eigenvalue weighted by molar-refractivity contribution is -0.145. The molecule has 7 nitrogen and oxygen atoms in total. The van der Waals surface area contributed by atoms with Crippen LogP contribution in [-0.4, -0.2) is 58.5 Å². The number of alkyl carbamates (subject to hydrolysis) is 1. The highest BCUT2D eigenvalue weighted by molar-refractivity contribution is 7.98. The van der Waals surface area contributed by atoms with E-state index in [0.29, 0.717) is 18.1 Å². The molecule has 232 valence electrons. The summed E-state index contributed by atoms with van der Waals surface area (Å²) >= 11 is 1.62. The highest BCUT2D eigenvalue weighted by Crippen LogP contribution is 2.33. The van der Waals surface area contributed by atoms with E-state index in [-0.39, 0.29) is 23.9 Å². The monoisotopic (exact) mass is 589 g/mol. The van der Waals surface area contributed by atoms with E-state index in [1.165, 1.54) is 6.42 Å². The molecule has 1 aromatic rings. The molecule has 3 amide bonds. The van der Waals surface area contributed by atoms with Crippen molar-refractivity contribution < 1.29 is 19.1 Å². The van der Waals surface area contributed by atoms with E-state index in [1.807, 2.05) is 45.2 Å². The Labute approximate surface area is 253 Å². The molecule has 8 heteroatoms. The van der Waals surface area contributed by atoms with Crippen LogP contribution in [0.4, 0.5) is 4.79 Å². The van der Waals surface area contributed by atoms with Gasteiger partial charge in [0, 0.05) is 12.1 Å². The van der Waals surface area contributed by atoms with Crippen LogP contribution in [0.2, 0.25) is 0 Å². The van der Waals surface area contributed by atoms with Gasteiger partial charge in [-0.15, -0.1) is 0 Å². The summed E-state index contributed by atoms with van der Waals surface area (Å²) in [5, 5.41) is 6.20. The summed E-state index contributed by atoms with van der Waals surface area (Å²) in [7, 11) is 0. The number of ether oxygens (including phenoxy) is 1. The van der Waals surface area contributed by atoms with Gasteiger partial charge in [-0.25, -0.2) is 4.79 Å². The van der Waals surface area contributed by atoms with E-state index in [0.717, 1.165) is 55.2 Å². The number of hydrogen-bond acceptors (Lipinski definition) is 5. The normalized spacial score (nSPS) is 16.5. The molecule has 3 atom stereocenters. The van der Waals surface area contributed by atoms with Gasteiger partial charge < -0.3 is 20.3 Å². The zero-order chi connectivity index (χ0) is 30.7. The van der Waals surface area contributed by atoms with Crippen molar-refractivity contribution in [2.75, 3.05) is 12.0 Å². The fraction of sp³-hybridized carbons (Fsp3) is 0.727. The minimum Gasteiger partial charge on any atom is -0.444 e. The lowest BCUT2D eigenvalue weighted by Gasteiger charge is -2.40. The maximum Gasteiger partial charge on any atom is 0.408 e. The van der Waals surface area contributed by atoms with E-state index in [2.05, 4.69) is 24.5 Å². The predicted molar refractivity (Wildman–Crippen MR) is 170 cm³/mol. The van der Waals surface area contributed by atoms with Crippen LogP contribution in [0.15, 0.2) is 18.2 Å². The van der Waals surface area contributed by atoms with E-state index in [1.54, 1.807) is 37.4 Å². The lowest BCUT2D eigenvalue weighted by atomic mass is 9.90. The van der Waals surface area contributed by atoms with Crippen LogP contribution in [-0.2, 0) is 14.3 Å². The quantitative estimate of drug-likeness (QED) is 0.256. The number of rotatable bonds is 13. The summed E-state index contributed by atoms with van der Waals surface area (Å²) in [6, 6.07) is 4.28. The molecule has 0 bridgehead atoms. The van der Waals surface area contributed by atoms with Gasteiger partial charge in [-0.2, -0.15) is 11.8 Å². The van der Waals surface area contributed by atoms with Crippen molar-refractivity contribution in [1.82, 2.24) is 15.5 Å². The van der Waals surface area contributed by atoms with Crippen LogP contribution in [0.3, 0.4) is 0 Å². The first kappa shape index (κ1) is 35.0. The first-order chi connectivity index (χ1) is 19.2. The maximum atomic E-state index is 14.6. The van der Waals surface area contributed by atoms with Crippen LogP contribution < -0.4 is 10.6 Å². The number of carbonyl (C=O) groups is 3. The van der Waals surface area contributed by atoms with Crippen molar-refractivity contribution in [1.29, 1.82) is 0 Å². The topological polar surface area (TPSA) is 87.7 Å². The molecule has 0 spiro atoms. The van der Waals surface area contributed by atoms with Crippen LogP contribution >= 0.6 is 11.8 Å². The van der Waals surface area contributed by atoms with E-state index < -0.39 is 23.8 Å². The van der Waals surface area contributed by atoms with Crippen LogP contribution in [0.5, 0.6) is 0 Å². The molecule has 2 N–H and O–H groups in total. The fourth-order valence-corrected chi connectivity index (χ4v) is 6.09. The number of thioether (sulfide) groups is 1. The Morgan fingerprint density at radius 2 is 1.61 bits per heavy atom. The molecule has 0 saturated heterocycles. The molecule has 1 aliphatic rings. The number of carbonyl (C=O) groups excluding carboxylic acids is 3. The summed E-state index contributed by atoms with van der Waals surface area (Å²) in [6.07, 6.45) is 8.78. The Kier molecular flexibility index (Phi) is 14.0. The second-order valence-corrected chi connectivity index (χ2v) is 14.1. The summed E-state index contributed by atoms with van der Waals surface area (Å²) in [5.74, 6) is 0.756. The first-order valence-electron chi connectivity index (χ1n) is 15.4. The van der Waals surface area contributed by atoms with Gasteiger partial charge in [-0.1, -0.05) is 51.3 Å². The van der Waals surface area contributed by atoms with Crippen LogP contribution in [0, 0.1) is 19.8 Å². The van der Waals surface area contributed by atoms with Gasteiger partial charge >= 0.3 is 6.09 Å². The Morgan fingerprint density at radius 3 is 2.15 bits per heavy atom. The Balaban J connectivity index is 2.61. The molecule has 41 heavy (non-hydrogen) atoms. The number of nitrogens with one attached hydrogen (secondary N) is 2. The van der Waals surface area contributed by atoms with Gasteiger partial charge in [0.25, 0.3) is 0 Å². The largest absolute Gasteiger partial charge is 0.444 e. The summed E-state index contributed by atoms with van der Waals surface area (Å²) in [4.78, 5) is 43.6. The zero-order valence-corrected chi connectivity index (χ0v) is 27.8. The lowest BCUT2D eigenvalue weighted by Crippen LogP contribution is -2.56. The molecule has 0 aromatic heterocycles. The average Bonchev–Trinajstić information content (AvgIpc) is 2.88. The van der Waals surface area contributed by atoms with Crippen molar-refractivity contribution in [2.45, 2.75) is 137 Å². The molecule has 0 heterocycles. The van der Waals surface area contributed by atoms with Crippen molar-refractivity contribution in [3.8, 4) is 0 Å². The molecule has 0 radical (unpaired) electrons. The Hall–Kier alpha value is -2.22. The van der Waals surface area contributed by atoms with Gasteiger partial charge in [-0.3, -0.25) is 9.59 Å². The van der Waals surface area contributed by atoms with E-state index >= 15 is 0 Å². The second kappa shape index (κ2) is 16.4.